The van der Waals surface area contributed by atoms with Crippen LogP contribution in [0, 0.1) is 5.41 Å². The van der Waals surface area contributed by atoms with Crippen LogP contribution >= 0.6 is 0 Å². The third-order valence-corrected chi connectivity index (χ3v) is 3.48. The molecule has 0 aliphatic carbocycles. The average molecular weight is 299 g/mol. The summed E-state index contributed by atoms with van der Waals surface area (Å²) in [5.41, 5.74) is -0.679. The Kier molecular flexibility index (Phi) is 6.14. The van der Waals surface area contributed by atoms with Crippen molar-refractivity contribution in [3.63, 3.8) is 0 Å². The summed E-state index contributed by atoms with van der Waals surface area (Å²) in [6, 6.07) is -0.463. The molecule has 21 heavy (non-hydrogen) atoms. The Morgan fingerprint density at radius 1 is 1.29 bits per heavy atom. The molecule has 1 rings (SSSR count). The number of hydrogen-bond acceptors (Lipinski definition) is 4. The second kappa shape index (κ2) is 7.40. The molecule has 1 aliphatic rings. The van der Waals surface area contributed by atoms with Crippen molar-refractivity contribution in [3.05, 3.63) is 0 Å². The standard InChI is InChI=1S/C14H25N3O4/c1-14(2,8-12(19)20)7-11(18)16-13(21)15-10-5-4-6-17(3)9-10/h10H,4-9H2,1-3H3,(H,19,20)(H2,15,16,18,21). The summed E-state index contributed by atoms with van der Waals surface area (Å²) in [6.45, 7) is 5.16. The molecule has 0 spiro atoms. The normalized spacial score (nSPS) is 19.9. The zero-order chi connectivity index (χ0) is 16.0. The lowest BCUT2D eigenvalue weighted by atomic mass is 9.85. The molecule has 0 radical (unpaired) electrons. The number of nitrogens with zero attached hydrogens (tertiary/aromatic N) is 1. The van der Waals surface area contributed by atoms with Crippen LogP contribution in [0.1, 0.15) is 39.5 Å². The van der Waals surface area contributed by atoms with Gasteiger partial charge in [0.05, 0.1) is 6.42 Å². The topological polar surface area (TPSA) is 98.7 Å². The Hall–Kier alpha value is -1.63. The van der Waals surface area contributed by atoms with E-state index in [1.54, 1.807) is 13.8 Å². The first kappa shape index (κ1) is 17.4. The zero-order valence-electron chi connectivity index (χ0n) is 12.9. The van der Waals surface area contributed by atoms with Crippen molar-refractivity contribution in [1.82, 2.24) is 15.5 Å². The van der Waals surface area contributed by atoms with Crippen LogP contribution in [0.5, 0.6) is 0 Å². The maximum absolute atomic E-state index is 11.8. The van der Waals surface area contributed by atoms with Crippen LogP contribution in [-0.4, -0.2) is 54.1 Å². The van der Waals surface area contributed by atoms with Gasteiger partial charge in [-0.05, 0) is 31.8 Å². The molecule has 1 atom stereocenters. The molecule has 1 aliphatic heterocycles. The van der Waals surface area contributed by atoms with Gasteiger partial charge in [0.2, 0.25) is 5.91 Å². The summed E-state index contributed by atoms with van der Waals surface area (Å²) in [4.78, 5) is 36.4. The third kappa shape index (κ3) is 7.08. The molecule has 1 fully saturated rings. The van der Waals surface area contributed by atoms with E-state index in [4.69, 9.17) is 5.11 Å². The van der Waals surface area contributed by atoms with E-state index in [2.05, 4.69) is 15.5 Å². The van der Waals surface area contributed by atoms with Crippen molar-refractivity contribution < 1.29 is 19.5 Å². The minimum Gasteiger partial charge on any atom is -0.481 e. The SMILES string of the molecule is CN1CCCC(NC(=O)NC(=O)CC(C)(C)CC(=O)O)C1. The molecule has 0 aromatic carbocycles. The van der Waals surface area contributed by atoms with Crippen LogP contribution in [0.15, 0.2) is 0 Å². The van der Waals surface area contributed by atoms with Crippen molar-refractivity contribution in [1.29, 1.82) is 0 Å². The summed E-state index contributed by atoms with van der Waals surface area (Å²) < 4.78 is 0. The van der Waals surface area contributed by atoms with Crippen molar-refractivity contribution >= 4 is 17.9 Å². The van der Waals surface area contributed by atoms with Crippen LogP contribution in [0.3, 0.4) is 0 Å². The highest BCUT2D eigenvalue weighted by Crippen LogP contribution is 2.24. The Labute approximate surface area is 125 Å². The first-order chi connectivity index (χ1) is 9.68. The number of likely N-dealkylation sites (tertiary alicyclic amines) is 1. The van der Waals surface area contributed by atoms with E-state index in [9.17, 15) is 14.4 Å². The number of carboxylic acids is 1. The number of nitrogens with one attached hydrogen (secondary N) is 2. The molecular formula is C14H25N3O4. The summed E-state index contributed by atoms with van der Waals surface area (Å²) in [7, 11) is 1.99. The summed E-state index contributed by atoms with van der Waals surface area (Å²) in [6.07, 6.45) is 1.80. The van der Waals surface area contributed by atoms with Crippen molar-refractivity contribution in [2.24, 2.45) is 5.41 Å². The Morgan fingerprint density at radius 3 is 2.52 bits per heavy atom. The van der Waals surface area contributed by atoms with Crippen molar-refractivity contribution in [2.75, 3.05) is 20.1 Å². The maximum atomic E-state index is 11.8. The number of urea groups is 1. The van der Waals surface area contributed by atoms with E-state index >= 15 is 0 Å². The van der Waals surface area contributed by atoms with Crippen molar-refractivity contribution in [3.8, 4) is 0 Å². The van der Waals surface area contributed by atoms with Crippen LogP contribution in [0.2, 0.25) is 0 Å². The van der Waals surface area contributed by atoms with Crippen molar-refractivity contribution in [2.45, 2.75) is 45.6 Å². The third-order valence-electron chi connectivity index (χ3n) is 3.48. The zero-order valence-corrected chi connectivity index (χ0v) is 12.9. The highest BCUT2D eigenvalue weighted by Gasteiger charge is 2.26. The number of amides is 3. The highest BCUT2D eigenvalue weighted by atomic mass is 16.4. The lowest BCUT2D eigenvalue weighted by Gasteiger charge is -2.30. The van der Waals surface area contributed by atoms with Gasteiger partial charge >= 0.3 is 12.0 Å². The minimum absolute atomic E-state index is 0.00269. The smallest absolute Gasteiger partial charge is 0.321 e. The fourth-order valence-corrected chi connectivity index (χ4v) is 2.58. The first-order valence-corrected chi connectivity index (χ1v) is 7.19. The molecule has 1 heterocycles. The minimum atomic E-state index is -0.956. The van der Waals surface area contributed by atoms with Gasteiger partial charge in [-0.15, -0.1) is 0 Å². The second-order valence-electron chi connectivity index (χ2n) is 6.53. The molecule has 0 bridgehead atoms. The predicted octanol–water partition coefficient (Wildman–Crippen LogP) is 0.797. The Balaban J connectivity index is 2.36. The quantitative estimate of drug-likeness (QED) is 0.697. The number of piperidine rings is 1. The molecule has 0 aromatic rings. The number of imide groups is 1. The lowest BCUT2D eigenvalue weighted by molar-refractivity contribution is -0.139. The number of carbonyl (C=O) groups excluding carboxylic acids is 2. The van der Waals surface area contributed by atoms with Gasteiger partial charge in [0.15, 0.2) is 0 Å². The van der Waals surface area contributed by atoms with Gasteiger partial charge in [0.1, 0.15) is 0 Å². The number of likely N-dealkylation sites (N-methyl/N-ethyl adjacent to an activating group) is 1. The van der Waals surface area contributed by atoms with Gasteiger partial charge in [-0.25, -0.2) is 4.79 Å². The number of carbonyl (C=O) groups is 3. The molecule has 3 amide bonds. The van der Waals surface area contributed by atoms with Crippen LogP contribution in [0.25, 0.3) is 0 Å². The maximum Gasteiger partial charge on any atom is 0.321 e. The van der Waals surface area contributed by atoms with Gasteiger partial charge in [-0.2, -0.15) is 0 Å². The number of hydrogen-bond donors (Lipinski definition) is 3. The highest BCUT2D eigenvalue weighted by molar-refractivity contribution is 5.94. The van der Waals surface area contributed by atoms with E-state index in [1.807, 2.05) is 7.05 Å². The van der Waals surface area contributed by atoms with E-state index in [1.165, 1.54) is 0 Å². The monoisotopic (exact) mass is 299 g/mol. The first-order valence-electron chi connectivity index (χ1n) is 7.19. The van der Waals surface area contributed by atoms with Gasteiger partial charge < -0.3 is 15.3 Å². The van der Waals surface area contributed by atoms with Crippen LogP contribution in [-0.2, 0) is 9.59 Å². The summed E-state index contributed by atoms with van der Waals surface area (Å²) in [5.74, 6) is -1.41. The van der Waals surface area contributed by atoms with Gasteiger partial charge in [-0.3, -0.25) is 14.9 Å². The molecule has 7 heteroatoms. The molecule has 1 saturated heterocycles. The van der Waals surface area contributed by atoms with E-state index in [-0.39, 0.29) is 18.9 Å². The number of carboxylic acid groups (broad SMARTS) is 1. The lowest BCUT2D eigenvalue weighted by Crippen LogP contribution is -2.51. The van der Waals surface area contributed by atoms with Crippen LogP contribution in [0.4, 0.5) is 4.79 Å². The predicted molar refractivity (Wildman–Crippen MR) is 77.8 cm³/mol. The molecule has 0 saturated carbocycles. The van der Waals surface area contributed by atoms with Gasteiger partial charge in [0, 0.05) is 19.0 Å². The van der Waals surface area contributed by atoms with E-state index < -0.39 is 23.3 Å². The summed E-state index contributed by atoms with van der Waals surface area (Å²) in [5, 5.41) is 13.8. The Morgan fingerprint density at radius 2 is 1.95 bits per heavy atom. The Bertz CT molecular complexity index is 409. The number of rotatable bonds is 5. The fraction of sp³-hybridized carbons (Fsp3) is 0.786. The average Bonchev–Trinajstić information content (AvgIpc) is 2.24. The molecule has 120 valence electrons. The largest absolute Gasteiger partial charge is 0.481 e. The fourth-order valence-electron chi connectivity index (χ4n) is 2.58. The van der Waals surface area contributed by atoms with Gasteiger partial charge in [0.25, 0.3) is 0 Å². The summed E-state index contributed by atoms with van der Waals surface area (Å²) >= 11 is 0. The molecule has 7 nitrogen and oxygen atoms in total. The van der Waals surface area contributed by atoms with Gasteiger partial charge in [-0.1, -0.05) is 13.8 Å². The van der Waals surface area contributed by atoms with E-state index in [0.29, 0.717) is 0 Å². The molecule has 3 N–H and O–H groups in total. The van der Waals surface area contributed by atoms with Crippen LogP contribution < -0.4 is 10.6 Å². The molecule has 0 aromatic heterocycles. The second-order valence-corrected chi connectivity index (χ2v) is 6.53. The molecular weight excluding hydrogens is 274 g/mol. The van der Waals surface area contributed by atoms with E-state index in [0.717, 1.165) is 25.9 Å². The number of aliphatic carboxylic acids is 1. The molecule has 1 unspecified atom stereocenters.